The minimum atomic E-state index is 0. The van der Waals surface area contributed by atoms with Gasteiger partial charge in [-0.25, -0.2) is 0 Å². The number of hydrogen-bond donors (Lipinski definition) is 0. The quantitative estimate of drug-likeness (QED) is 0.292. The lowest BCUT2D eigenvalue weighted by molar-refractivity contribution is 0.412. The van der Waals surface area contributed by atoms with Crippen molar-refractivity contribution in [3.8, 4) is 28.8 Å². The zero-order valence-electron chi connectivity index (χ0n) is 19.4. The summed E-state index contributed by atoms with van der Waals surface area (Å²) in [4.78, 5) is 4.71. The lowest BCUT2D eigenvalue weighted by Crippen LogP contribution is -2.00. The average Bonchev–Trinajstić information content (AvgIpc) is 3.18. The monoisotopic (exact) mass is 445 g/mol. The van der Waals surface area contributed by atoms with Crippen LogP contribution in [0.3, 0.4) is 0 Å². The topological polar surface area (TPSA) is 39.9 Å². The molecule has 0 saturated heterocycles. The molecule has 2 aromatic heterocycles. The summed E-state index contributed by atoms with van der Waals surface area (Å²) in [5.41, 5.74) is 6.18. The van der Waals surface area contributed by atoms with Crippen LogP contribution in [-0.2, 0) is 6.54 Å². The summed E-state index contributed by atoms with van der Waals surface area (Å²) in [6.45, 7) is 11.0. The largest absolute Gasteiger partial charge is 0.496 e. The van der Waals surface area contributed by atoms with Crippen LogP contribution in [0.15, 0.2) is 42.6 Å². The van der Waals surface area contributed by atoms with Gasteiger partial charge in [0.15, 0.2) is 0 Å². The first kappa shape index (κ1) is 27.7. The van der Waals surface area contributed by atoms with E-state index in [1.54, 1.807) is 7.11 Å². The predicted octanol–water partition coefficient (Wildman–Crippen LogP) is 8.04. The molecule has 0 bridgehead atoms. The highest BCUT2D eigenvalue weighted by molar-refractivity contribution is 6.11. The molecule has 4 heteroatoms. The smallest absolute Gasteiger partial charge is 0.123 e. The molecule has 0 aliphatic carbocycles. The van der Waals surface area contributed by atoms with Crippen LogP contribution in [0.4, 0.5) is 0 Å². The Morgan fingerprint density at radius 2 is 1.76 bits per heavy atom. The number of ether oxygens (including phenoxy) is 1. The van der Waals surface area contributed by atoms with E-state index in [0.29, 0.717) is 0 Å². The van der Waals surface area contributed by atoms with Crippen molar-refractivity contribution < 1.29 is 4.74 Å². The van der Waals surface area contributed by atoms with Gasteiger partial charge in [0, 0.05) is 34.5 Å². The molecule has 33 heavy (non-hydrogen) atoms. The molecule has 0 atom stereocenters. The third-order valence-corrected chi connectivity index (χ3v) is 5.25. The normalized spacial score (nSPS) is 9.76. The maximum Gasteiger partial charge on any atom is 0.123 e. The number of nitrogens with zero attached hydrogens (tertiary/aromatic N) is 3. The number of fused-ring (bicyclic) bond motifs is 3. The van der Waals surface area contributed by atoms with Gasteiger partial charge in [-0.2, -0.15) is 5.10 Å². The van der Waals surface area contributed by atoms with Crippen molar-refractivity contribution in [3.63, 3.8) is 0 Å². The van der Waals surface area contributed by atoms with Gasteiger partial charge in [0.1, 0.15) is 11.4 Å². The first-order chi connectivity index (χ1) is 15.2. The second-order valence-electron chi connectivity index (χ2n) is 7.24. The molecule has 2 aromatic carbocycles. The van der Waals surface area contributed by atoms with E-state index >= 15 is 0 Å². The van der Waals surface area contributed by atoms with Crippen molar-refractivity contribution in [2.75, 3.05) is 7.11 Å². The maximum absolute atomic E-state index is 5.50. The highest BCUT2D eigenvalue weighted by Gasteiger charge is 2.17. The molecule has 0 spiro atoms. The fourth-order valence-electron chi connectivity index (χ4n) is 3.74. The van der Waals surface area contributed by atoms with Crippen molar-refractivity contribution in [1.29, 1.82) is 0 Å². The van der Waals surface area contributed by atoms with Gasteiger partial charge in [0.05, 0.1) is 24.3 Å². The lowest BCUT2D eigenvalue weighted by atomic mass is 10.0. The average molecular weight is 446 g/mol. The van der Waals surface area contributed by atoms with Crippen molar-refractivity contribution >= 4 is 21.8 Å². The number of pyridine rings is 1. The first-order valence-electron chi connectivity index (χ1n) is 11.0. The Labute approximate surface area is 200 Å². The fourth-order valence-corrected chi connectivity index (χ4v) is 3.74. The van der Waals surface area contributed by atoms with Crippen LogP contribution in [0, 0.1) is 18.8 Å². The van der Waals surface area contributed by atoms with Crippen LogP contribution in [-0.4, -0.2) is 21.9 Å². The Morgan fingerprint density at radius 1 is 1.06 bits per heavy atom. The van der Waals surface area contributed by atoms with Crippen molar-refractivity contribution in [2.45, 2.75) is 68.9 Å². The minimum absolute atomic E-state index is 0. The SMILES string of the molecule is C.C.CC.CC#Cc1ccc(-c2nn(CCCC)c3cnc4cc(OC)c(C)cc4c23)cc1. The van der Waals surface area contributed by atoms with Gasteiger partial charge in [-0.3, -0.25) is 9.67 Å². The highest BCUT2D eigenvalue weighted by Crippen LogP contribution is 2.35. The summed E-state index contributed by atoms with van der Waals surface area (Å²) in [5, 5.41) is 7.26. The number of aryl methyl sites for hydroxylation is 2. The van der Waals surface area contributed by atoms with Gasteiger partial charge in [-0.05, 0) is 44.0 Å². The molecular formula is C29H39N3O. The number of aromatic nitrogens is 3. The Morgan fingerprint density at radius 3 is 2.36 bits per heavy atom. The van der Waals surface area contributed by atoms with Crippen LogP contribution >= 0.6 is 0 Å². The van der Waals surface area contributed by atoms with Gasteiger partial charge in [0.2, 0.25) is 0 Å². The van der Waals surface area contributed by atoms with E-state index in [1.807, 2.05) is 33.0 Å². The van der Waals surface area contributed by atoms with Crippen LogP contribution in [0.1, 0.15) is 66.5 Å². The molecule has 4 rings (SSSR count). The number of rotatable bonds is 5. The third kappa shape index (κ3) is 5.54. The standard InChI is InChI=1S/C25H25N3O.C2H6.2CH4/c1-5-7-13-28-22-16-26-21-15-23(29-4)17(3)14-20(21)24(22)25(27-28)19-11-9-18(8-6-2)10-12-19;1-2;;/h9-12,14-16H,5,7,13H2,1-4H3;1-2H3;2*1H4. The van der Waals surface area contributed by atoms with E-state index in [1.165, 1.54) is 0 Å². The van der Waals surface area contributed by atoms with Crippen LogP contribution < -0.4 is 4.74 Å². The number of methoxy groups -OCH3 is 1. The number of hydrogen-bond acceptors (Lipinski definition) is 3. The molecule has 0 fully saturated rings. The maximum atomic E-state index is 5.50. The van der Waals surface area contributed by atoms with Crippen molar-refractivity contribution in [2.24, 2.45) is 0 Å². The first-order valence-corrected chi connectivity index (χ1v) is 11.0. The molecule has 4 aromatic rings. The molecule has 176 valence electrons. The molecule has 4 nitrogen and oxygen atoms in total. The summed E-state index contributed by atoms with van der Waals surface area (Å²) < 4.78 is 7.60. The van der Waals surface area contributed by atoms with Crippen molar-refractivity contribution in [1.82, 2.24) is 14.8 Å². The summed E-state index contributed by atoms with van der Waals surface area (Å²) in [6.07, 6.45) is 4.15. The molecule has 2 heterocycles. The summed E-state index contributed by atoms with van der Waals surface area (Å²) in [6, 6.07) is 12.5. The Balaban J connectivity index is 0.00000133. The second-order valence-corrected chi connectivity index (χ2v) is 7.24. The zero-order valence-corrected chi connectivity index (χ0v) is 19.4. The molecular weight excluding hydrogens is 406 g/mol. The van der Waals surface area contributed by atoms with E-state index in [-0.39, 0.29) is 14.9 Å². The second kappa shape index (κ2) is 12.6. The Bertz CT molecular complexity index is 1240. The van der Waals surface area contributed by atoms with E-state index in [4.69, 9.17) is 14.8 Å². The molecule has 0 saturated carbocycles. The molecule has 0 aliphatic rings. The minimum Gasteiger partial charge on any atom is -0.496 e. The summed E-state index contributed by atoms with van der Waals surface area (Å²) >= 11 is 0. The molecule has 0 unspecified atom stereocenters. The number of unbranched alkanes of at least 4 members (excludes halogenated alkanes) is 1. The van der Waals surface area contributed by atoms with Crippen molar-refractivity contribution in [3.05, 3.63) is 53.7 Å². The summed E-state index contributed by atoms with van der Waals surface area (Å²) in [5.74, 6) is 6.91. The van der Waals surface area contributed by atoms with Gasteiger partial charge in [-0.1, -0.05) is 60.1 Å². The molecule has 0 aliphatic heterocycles. The highest BCUT2D eigenvalue weighted by atomic mass is 16.5. The predicted molar refractivity (Wildman–Crippen MR) is 144 cm³/mol. The Hall–Kier alpha value is -3.32. The lowest BCUT2D eigenvalue weighted by Gasteiger charge is -2.08. The molecule has 0 radical (unpaired) electrons. The fraction of sp³-hybridized carbons (Fsp3) is 0.379. The Kier molecular flexibility index (Phi) is 10.6. The zero-order chi connectivity index (χ0) is 22.4. The van der Waals surface area contributed by atoms with Crippen LogP contribution in [0.25, 0.3) is 33.1 Å². The molecule has 0 N–H and O–H groups in total. The van der Waals surface area contributed by atoms with Gasteiger partial charge >= 0.3 is 0 Å². The van der Waals surface area contributed by atoms with Gasteiger partial charge < -0.3 is 4.74 Å². The van der Waals surface area contributed by atoms with Crippen LogP contribution in [0.2, 0.25) is 0 Å². The van der Waals surface area contributed by atoms with E-state index in [0.717, 1.165) is 69.3 Å². The van der Waals surface area contributed by atoms with Gasteiger partial charge in [-0.15, -0.1) is 5.92 Å². The molecule has 0 amide bonds. The number of benzene rings is 2. The van der Waals surface area contributed by atoms with E-state index in [9.17, 15) is 0 Å². The van der Waals surface area contributed by atoms with Gasteiger partial charge in [0.25, 0.3) is 0 Å². The van der Waals surface area contributed by atoms with E-state index < -0.39 is 0 Å². The van der Waals surface area contributed by atoms with Crippen LogP contribution in [0.5, 0.6) is 5.75 Å². The third-order valence-electron chi connectivity index (χ3n) is 5.25. The van der Waals surface area contributed by atoms with E-state index in [2.05, 4.69) is 60.7 Å². The summed E-state index contributed by atoms with van der Waals surface area (Å²) in [7, 11) is 1.70.